The van der Waals surface area contributed by atoms with Gasteiger partial charge >= 0.3 is 0 Å². The first-order chi connectivity index (χ1) is 9.88. The van der Waals surface area contributed by atoms with Crippen molar-refractivity contribution in [3.63, 3.8) is 0 Å². The average Bonchev–Trinajstić information content (AvgIpc) is 2.87. The first kappa shape index (κ1) is 13.4. The molecule has 0 atom stereocenters. The van der Waals surface area contributed by atoms with Crippen molar-refractivity contribution in [3.05, 3.63) is 59.5 Å². The number of fused-ring (bicyclic) bond motifs is 2. The number of hydrogen-bond acceptors (Lipinski definition) is 0. The summed E-state index contributed by atoms with van der Waals surface area (Å²) in [5.74, 6) is 1.53. The number of unbranched alkanes of at least 4 members (excludes halogenated alkanes) is 4. The second-order valence-corrected chi connectivity index (χ2v) is 5.81. The van der Waals surface area contributed by atoms with Gasteiger partial charge in [0.25, 0.3) is 0 Å². The van der Waals surface area contributed by atoms with Crippen molar-refractivity contribution in [1.29, 1.82) is 0 Å². The maximum atomic E-state index is 2.37. The smallest absolute Gasteiger partial charge is 0.0273 e. The first-order valence-corrected chi connectivity index (χ1v) is 7.95. The highest BCUT2D eigenvalue weighted by Gasteiger charge is 2.18. The van der Waals surface area contributed by atoms with Crippen LogP contribution in [-0.4, -0.2) is 0 Å². The van der Waals surface area contributed by atoms with E-state index >= 15 is 0 Å². The molecule has 0 unspecified atom stereocenters. The molecule has 0 nitrogen and oxygen atoms in total. The highest BCUT2D eigenvalue weighted by molar-refractivity contribution is 5.88. The Balaban J connectivity index is 1.69. The predicted octanol–water partition coefficient (Wildman–Crippen LogP) is 6.15. The van der Waals surface area contributed by atoms with E-state index in [1.54, 1.807) is 0 Å². The fraction of sp³-hybridized carbons (Fsp3) is 0.350. The molecule has 0 saturated carbocycles. The van der Waals surface area contributed by atoms with Gasteiger partial charge in [-0.1, -0.05) is 75.4 Å². The third kappa shape index (κ3) is 2.80. The third-order valence-corrected chi connectivity index (χ3v) is 4.28. The Morgan fingerprint density at radius 1 is 0.800 bits per heavy atom. The van der Waals surface area contributed by atoms with Crippen molar-refractivity contribution >= 4 is 16.8 Å². The van der Waals surface area contributed by atoms with Crippen LogP contribution in [0.25, 0.3) is 16.8 Å². The molecule has 1 aliphatic rings. The lowest BCUT2D eigenvalue weighted by Gasteiger charge is -2.11. The van der Waals surface area contributed by atoms with Crippen molar-refractivity contribution in [2.24, 2.45) is 0 Å². The topological polar surface area (TPSA) is 0 Å². The number of benzene rings is 2. The van der Waals surface area contributed by atoms with Gasteiger partial charge < -0.3 is 0 Å². The summed E-state index contributed by atoms with van der Waals surface area (Å²) < 4.78 is 0. The second kappa shape index (κ2) is 6.26. The zero-order valence-electron chi connectivity index (χ0n) is 12.4. The Labute approximate surface area is 122 Å². The average molecular weight is 263 g/mol. The van der Waals surface area contributed by atoms with E-state index < -0.39 is 0 Å². The molecule has 3 rings (SSSR count). The summed E-state index contributed by atoms with van der Waals surface area (Å²) in [6.45, 7) is 2.27. The summed E-state index contributed by atoms with van der Waals surface area (Å²) in [7, 11) is 0. The molecule has 0 heterocycles. The van der Waals surface area contributed by atoms with Gasteiger partial charge in [0.05, 0.1) is 0 Å². The lowest BCUT2D eigenvalue weighted by Crippen LogP contribution is -1.95. The molecular weight excluding hydrogens is 240 g/mol. The van der Waals surface area contributed by atoms with E-state index in [0.29, 0.717) is 0 Å². The zero-order chi connectivity index (χ0) is 13.8. The maximum absolute atomic E-state index is 2.37. The lowest BCUT2D eigenvalue weighted by atomic mass is 9.92. The van der Waals surface area contributed by atoms with Crippen molar-refractivity contribution in [3.8, 4) is 0 Å². The van der Waals surface area contributed by atoms with Gasteiger partial charge in [0.2, 0.25) is 0 Å². The summed E-state index contributed by atoms with van der Waals surface area (Å²) in [6.07, 6.45) is 12.6. The normalized spacial score (nSPS) is 14.1. The first-order valence-electron chi connectivity index (χ1n) is 7.95. The molecule has 0 fully saturated rings. The molecule has 0 amide bonds. The summed E-state index contributed by atoms with van der Waals surface area (Å²) >= 11 is 0. The minimum atomic E-state index is 1.23. The molecule has 1 radical (unpaired) electrons. The van der Waals surface area contributed by atoms with Gasteiger partial charge in [-0.2, -0.15) is 0 Å². The number of hydrogen-bond donors (Lipinski definition) is 0. The van der Waals surface area contributed by atoms with Gasteiger partial charge in [0.1, 0.15) is 0 Å². The molecule has 0 bridgehead atoms. The molecule has 2 aromatic carbocycles. The minimum Gasteiger partial charge on any atom is -0.0721 e. The van der Waals surface area contributed by atoms with E-state index in [1.165, 1.54) is 66.3 Å². The standard InChI is InChI=1S/C20H23/c1-2-3-4-5-6-9-16-12-13-19-14-17-10-7-8-11-18(17)15-20(16)19/h7-8,10-15H,2-6,9H2,1H3. The highest BCUT2D eigenvalue weighted by atomic mass is 14.2. The molecule has 1 aliphatic carbocycles. The summed E-state index contributed by atoms with van der Waals surface area (Å²) in [4.78, 5) is 0. The van der Waals surface area contributed by atoms with Crippen LogP contribution < -0.4 is 0 Å². The van der Waals surface area contributed by atoms with E-state index in [4.69, 9.17) is 0 Å². The maximum Gasteiger partial charge on any atom is 0.0273 e. The summed E-state index contributed by atoms with van der Waals surface area (Å²) in [5, 5.41) is 2.71. The van der Waals surface area contributed by atoms with Crippen molar-refractivity contribution in [2.45, 2.75) is 45.4 Å². The monoisotopic (exact) mass is 263 g/mol. The van der Waals surface area contributed by atoms with Crippen LogP contribution in [0.2, 0.25) is 0 Å². The lowest BCUT2D eigenvalue weighted by molar-refractivity contribution is 0.624. The van der Waals surface area contributed by atoms with Gasteiger partial charge in [0, 0.05) is 5.92 Å². The van der Waals surface area contributed by atoms with E-state index in [-0.39, 0.29) is 0 Å². The Hall–Kier alpha value is -1.56. The molecule has 0 aromatic heterocycles. The quantitative estimate of drug-likeness (QED) is 0.548. The highest BCUT2D eigenvalue weighted by Crippen LogP contribution is 2.35. The fourth-order valence-corrected chi connectivity index (χ4v) is 3.09. The van der Waals surface area contributed by atoms with E-state index in [1.807, 2.05) is 0 Å². The molecular formula is C20H23. The molecule has 20 heavy (non-hydrogen) atoms. The molecule has 2 aromatic rings. The zero-order valence-corrected chi connectivity index (χ0v) is 12.4. The molecule has 0 spiro atoms. The Kier molecular flexibility index (Phi) is 4.20. The van der Waals surface area contributed by atoms with Crippen LogP contribution in [0.3, 0.4) is 0 Å². The summed E-state index contributed by atoms with van der Waals surface area (Å²) in [6, 6.07) is 13.4. The predicted molar refractivity (Wildman–Crippen MR) is 88.7 cm³/mol. The fourth-order valence-electron chi connectivity index (χ4n) is 3.09. The van der Waals surface area contributed by atoms with Crippen LogP contribution in [0.1, 0.15) is 56.6 Å². The largest absolute Gasteiger partial charge is 0.0721 e. The summed E-state index contributed by atoms with van der Waals surface area (Å²) in [5.41, 5.74) is 2.85. The van der Waals surface area contributed by atoms with Gasteiger partial charge in [-0.15, -0.1) is 0 Å². The van der Waals surface area contributed by atoms with Gasteiger partial charge in [-0.05, 0) is 40.5 Å². The van der Waals surface area contributed by atoms with E-state index in [9.17, 15) is 0 Å². The van der Waals surface area contributed by atoms with Crippen molar-refractivity contribution in [2.75, 3.05) is 0 Å². The van der Waals surface area contributed by atoms with Gasteiger partial charge in [-0.25, -0.2) is 0 Å². The van der Waals surface area contributed by atoms with Crippen LogP contribution in [0.5, 0.6) is 0 Å². The van der Waals surface area contributed by atoms with Gasteiger partial charge in [0.15, 0.2) is 0 Å². The van der Waals surface area contributed by atoms with Crippen molar-refractivity contribution in [1.82, 2.24) is 0 Å². The third-order valence-electron chi connectivity index (χ3n) is 4.28. The molecule has 0 heteroatoms. The van der Waals surface area contributed by atoms with Gasteiger partial charge in [-0.3, -0.25) is 0 Å². The molecule has 0 N–H and O–H groups in total. The van der Waals surface area contributed by atoms with Crippen LogP contribution in [-0.2, 0) is 0 Å². The molecule has 0 saturated heterocycles. The van der Waals surface area contributed by atoms with Crippen molar-refractivity contribution < 1.29 is 0 Å². The van der Waals surface area contributed by atoms with Crippen LogP contribution >= 0.6 is 0 Å². The second-order valence-electron chi connectivity index (χ2n) is 5.81. The van der Waals surface area contributed by atoms with E-state index in [0.717, 1.165) is 0 Å². The number of allylic oxidation sites excluding steroid dienone is 1. The Bertz CT molecular complexity index is 606. The number of rotatable bonds is 6. The van der Waals surface area contributed by atoms with Crippen LogP contribution in [0.15, 0.2) is 42.5 Å². The Morgan fingerprint density at radius 3 is 2.35 bits per heavy atom. The SMILES string of the molecule is CCCCCCC[C]1C=Cc2cc3ccccc3cc21. The van der Waals surface area contributed by atoms with Crippen LogP contribution in [0, 0.1) is 5.92 Å². The Morgan fingerprint density at radius 2 is 1.55 bits per heavy atom. The molecule has 103 valence electrons. The molecule has 0 aliphatic heterocycles. The minimum absolute atomic E-state index is 1.23. The van der Waals surface area contributed by atoms with Crippen LogP contribution in [0.4, 0.5) is 0 Å². The van der Waals surface area contributed by atoms with E-state index in [2.05, 4.69) is 55.5 Å².